The fraction of sp³-hybridized carbons (Fsp3) is 0.143. The molecular formula is C14H12BrNO2. The molecule has 1 unspecified atom stereocenters. The molecule has 0 saturated carbocycles. The van der Waals surface area contributed by atoms with Crippen molar-refractivity contribution >= 4 is 21.7 Å². The number of pyridine rings is 1. The zero-order valence-electron chi connectivity index (χ0n) is 9.84. The van der Waals surface area contributed by atoms with Crippen LogP contribution < -0.4 is 4.74 Å². The first-order chi connectivity index (χ1) is 8.72. The molecule has 1 aromatic heterocycles. The number of aromatic nitrogens is 1. The highest BCUT2D eigenvalue weighted by Crippen LogP contribution is 2.27. The summed E-state index contributed by atoms with van der Waals surface area (Å²) in [6.45, 7) is 0. The van der Waals surface area contributed by atoms with E-state index in [1.807, 2.05) is 18.2 Å². The molecule has 1 atom stereocenters. The third kappa shape index (κ3) is 2.76. The minimum absolute atomic E-state index is 0.0000926. The van der Waals surface area contributed by atoms with Gasteiger partial charge < -0.3 is 4.74 Å². The van der Waals surface area contributed by atoms with Gasteiger partial charge in [0.1, 0.15) is 10.6 Å². The Morgan fingerprint density at radius 2 is 2.00 bits per heavy atom. The number of hydrogen-bond donors (Lipinski definition) is 0. The Balaban J connectivity index is 2.25. The van der Waals surface area contributed by atoms with Crippen LogP contribution in [0.4, 0.5) is 0 Å². The number of rotatable bonds is 4. The molecule has 0 bridgehead atoms. The summed E-state index contributed by atoms with van der Waals surface area (Å²) in [6.07, 6.45) is 3.34. The Labute approximate surface area is 114 Å². The van der Waals surface area contributed by atoms with Crippen molar-refractivity contribution in [2.75, 3.05) is 7.11 Å². The predicted octanol–water partition coefficient (Wildman–Crippen LogP) is 3.41. The lowest BCUT2D eigenvalue weighted by Gasteiger charge is -2.09. The first kappa shape index (κ1) is 12.8. The lowest BCUT2D eigenvalue weighted by molar-refractivity contribution is 0.0991. The number of alkyl halides is 1. The molecule has 3 nitrogen and oxygen atoms in total. The molecule has 18 heavy (non-hydrogen) atoms. The van der Waals surface area contributed by atoms with Gasteiger partial charge in [0.2, 0.25) is 0 Å². The standard InChI is InChI=1S/C14H12BrNO2/c1-18-12-4-2-3-11(9-12)14(17)13(15)10-5-7-16-8-6-10/h2-9,13H,1H3. The van der Waals surface area contributed by atoms with Gasteiger partial charge in [-0.25, -0.2) is 0 Å². The Morgan fingerprint density at radius 1 is 1.28 bits per heavy atom. The van der Waals surface area contributed by atoms with Crippen LogP contribution in [0.1, 0.15) is 20.7 Å². The van der Waals surface area contributed by atoms with Crippen molar-refractivity contribution in [3.8, 4) is 5.75 Å². The smallest absolute Gasteiger partial charge is 0.181 e. The summed E-state index contributed by atoms with van der Waals surface area (Å²) in [5.41, 5.74) is 1.51. The van der Waals surface area contributed by atoms with Crippen LogP contribution in [-0.2, 0) is 0 Å². The summed E-state index contributed by atoms with van der Waals surface area (Å²) in [4.78, 5) is 15.9. The molecule has 2 rings (SSSR count). The second kappa shape index (κ2) is 5.78. The molecule has 0 N–H and O–H groups in total. The van der Waals surface area contributed by atoms with Crippen molar-refractivity contribution in [2.45, 2.75) is 4.83 Å². The van der Waals surface area contributed by atoms with Gasteiger partial charge in [-0.05, 0) is 29.8 Å². The average Bonchev–Trinajstić information content (AvgIpc) is 2.46. The molecule has 1 aromatic carbocycles. The van der Waals surface area contributed by atoms with Gasteiger partial charge in [0.25, 0.3) is 0 Å². The summed E-state index contributed by atoms with van der Waals surface area (Å²) in [6, 6.07) is 10.8. The van der Waals surface area contributed by atoms with E-state index < -0.39 is 0 Å². The van der Waals surface area contributed by atoms with Crippen LogP contribution in [0.5, 0.6) is 5.75 Å². The Kier molecular flexibility index (Phi) is 4.10. The van der Waals surface area contributed by atoms with Crippen LogP contribution in [0.2, 0.25) is 0 Å². The molecule has 1 heterocycles. The lowest BCUT2D eigenvalue weighted by Crippen LogP contribution is -2.07. The number of nitrogens with zero attached hydrogens (tertiary/aromatic N) is 1. The molecule has 0 saturated heterocycles. The minimum Gasteiger partial charge on any atom is -0.497 e. The molecule has 0 aliphatic rings. The predicted molar refractivity (Wildman–Crippen MR) is 73.2 cm³/mol. The largest absolute Gasteiger partial charge is 0.497 e. The Hall–Kier alpha value is -1.68. The van der Waals surface area contributed by atoms with Gasteiger partial charge in [-0.3, -0.25) is 9.78 Å². The molecule has 0 aliphatic heterocycles. The van der Waals surface area contributed by atoms with Crippen LogP contribution in [0.3, 0.4) is 0 Å². The second-order valence-electron chi connectivity index (χ2n) is 3.74. The van der Waals surface area contributed by atoms with E-state index in [1.165, 1.54) is 0 Å². The minimum atomic E-state index is -0.368. The van der Waals surface area contributed by atoms with E-state index in [4.69, 9.17) is 4.74 Å². The number of hydrogen-bond acceptors (Lipinski definition) is 3. The first-order valence-electron chi connectivity index (χ1n) is 5.44. The zero-order valence-corrected chi connectivity index (χ0v) is 11.4. The normalized spacial score (nSPS) is 11.9. The summed E-state index contributed by atoms with van der Waals surface area (Å²) < 4.78 is 5.11. The monoisotopic (exact) mass is 305 g/mol. The second-order valence-corrected chi connectivity index (χ2v) is 4.65. The highest BCUT2D eigenvalue weighted by atomic mass is 79.9. The van der Waals surface area contributed by atoms with Crippen LogP contribution in [-0.4, -0.2) is 17.9 Å². The van der Waals surface area contributed by atoms with Crippen LogP contribution >= 0.6 is 15.9 Å². The fourth-order valence-electron chi connectivity index (χ4n) is 1.61. The third-order valence-electron chi connectivity index (χ3n) is 2.58. The molecule has 0 amide bonds. The molecule has 92 valence electrons. The highest BCUT2D eigenvalue weighted by molar-refractivity contribution is 9.09. The molecule has 2 aromatic rings. The number of methoxy groups -OCH3 is 1. The van der Waals surface area contributed by atoms with E-state index in [0.717, 1.165) is 5.56 Å². The van der Waals surface area contributed by atoms with Crippen molar-refractivity contribution in [3.05, 3.63) is 59.9 Å². The van der Waals surface area contributed by atoms with Gasteiger partial charge in [0.15, 0.2) is 5.78 Å². The fourth-order valence-corrected chi connectivity index (χ4v) is 2.18. The number of halogens is 1. The van der Waals surface area contributed by atoms with E-state index in [1.54, 1.807) is 37.7 Å². The number of ether oxygens (including phenoxy) is 1. The van der Waals surface area contributed by atoms with Gasteiger partial charge in [-0.1, -0.05) is 28.1 Å². The van der Waals surface area contributed by atoms with Gasteiger partial charge in [-0.2, -0.15) is 0 Å². The van der Waals surface area contributed by atoms with Gasteiger partial charge in [0, 0.05) is 18.0 Å². The maximum atomic E-state index is 12.3. The average molecular weight is 306 g/mol. The molecule has 0 spiro atoms. The third-order valence-corrected chi connectivity index (χ3v) is 3.53. The van der Waals surface area contributed by atoms with E-state index in [0.29, 0.717) is 11.3 Å². The van der Waals surface area contributed by atoms with Crippen molar-refractivity contribution in [1.82, 2.24) is 4.98 Å². The maximum absolute atomic E-state index is 12.3. The summed E-state index contributed by atoms with van der Waals surface area (Å²) in [5.74, 6) is 0.676. The Morgan fingerprint density at radius 3 is 2.67 bits per heavy atom. The van der Waals surface area contributed by atoms with Gasteiger partial charge >= 0.3 is 0 Å². The molecule has 4 heteroatoms. The van der Waals surface area contributed by atoms with Crippen molar-refractivity contribution in [2.24, 2.45) is 0 Å². The van der Waals surface area contributed by atoms with E-state index in [2.05, 4.69) is 20.9 Å². The number of benzene rings is 1. The number of carbonyl (C=O) groups is 1. The van der Waals surface area contributed by atoms with Gasteiger partial charge in [-0.15, -0.1) is 0 Å². The van der Waals surface area contributed by atoms with Crippen molar-refractivity contribution in [1.29, 1.82) is 0 Å². The first-order valence-corrected chi connectivity index (χ1v) is 6.36. The zero-order chi connectivity index (χ0) is 13.0. The Bertz CT molecular complexity index is 543. The number of carbonyl (C=O) groups excluding carboxylic acids is 1. The van der Waals surface area contributed by atoms with Crippen LogP contribution in [0.25, 0.3) is 0 Å². The summed E-state index contributed by atoms with van der Waals surface area (Å²) in [5, 5.41) is 0. The van der Waals surface area contributed by atoms with E-state index in [9.17, 15) is 4.79 Å². The maximum Gasteiger partial charge on any atom is 0.181 e. The number of Topliss-reactive ketones (excluding diaryl/α,β-unsaturated/α-hetero) is 1. The highest BCUT2D eigenvalue weighted by Gasteiger charge is 2.19. The van der Waals surface area contributed by atoms with Crippen molar-refractivity contribution in [3.63, 3.8) is 0 Å². The quantitative estimate of drug-likeness (QED) is 0.642. The van der Waals surface area contributed by atoms with E-state index >= 15 is 0 Å². The molecule has 0 fully saturated rings. The summed E-state index contributed by atoms with van der Waals surface area (Å²) >= 11 is 3.42. The SMILES string of the molecule is COc1cccc(C(=O)C(Br)c2ccncc2)c1. The topological polar surface area (TPSA) is 39.2 Å². The van der Waals surface area contributed by atoms with Crippen LogP contribution in [0, 0.1) is 0 Å². The summed E-state index contributed by atoms with van der Waals surface area (Å²) in [7, 11) is 1.58. The lowest BCUT2D eigenvalue weighted by atomic mass is 10.0. The molecule has 0 aliphatic carbocycles. The van der Waals surface area contributed by atoms with Crippen molar-refractivity contribution < 1.29 is 9.53 Å². The van der Waals surface area contributed by atoms with E-state index in [-0.39, 0.29) is 10.6 Å². The van der Waals surface area contributed by atoms with Gasteiger partial charge in [0.05, 0.1) is 7.11 Å². The van der Waals surface area contributed by atoms with Crippen LogP contribution in [0.15, 0.2) is 48.8 Å². The molecular weight excluding hydrogens is 294 g/mol. The molecule has 0 radical (unpaired) electrons. The number of ketones is 1.